The number of rotatable bonds is 3. The summed E-state index contributed by atoms with van der Waals surface area (Å²) in [6.45, 7) is 4.48. The van der Waals surface area contributed by atoms with Crippen LogP contribution in [0.25, 0.3) is 0 Å². The molecule has 12 heavy (non-hydrogen) atoms. The van der Waals surface area contributed by atoms with Gasteiger partial charge < -0.3 is 0 Å². The average Bonchev–Trinajstić information content (AvgIpc) is 2.18. The third-order valence-corrected chi connectivity index (χ3v) is 3.76. The van der Waals surface area contributed by atoms with Gasteiger partial charge in [0.25, 0.3) is 0 Å². The van der Waals surface area contributed by atoms with E-state index in [1.807, 2.05) is 0 Å². The highest BCUT2D eigenvalue weighted by molar-refractivity contribution is 7.18. The highest BCUT2D eigenvalue weighted by Gasteiger charge is 2.21. The van der Waals surface area contributed by atoms with Gasteiger partial charge in [-0.2, -0.15) is 0 Å². The van der Waals surface area contributed by atoms with Crippen molar-refractivity contribution in [3.63, 3.8) is 0 Å². The molecule has 1 unspecified atom stereocenters. The number of hydrogen-bond acceptors (Lipinski definition) is 0. The lowest BCUT2D eigenvalue weighted by Gasteiger charge is -2.26. The van der Waals surface area contributed by atoms with E-state index < -0.39 is 0 Å². The van der Waals surface area contributed by atoms with E-state index in [9.17, 15) is 0 Å². The Hall–Kier alpha value is -0.350. The van der Waals surface area contributed by atoms with Gasteiger partial charge >= 0.3 is 0 Å². The third-order valence-electron chi connectivity index (χ3n) is 2.61. The van der Waals surface area contributed by atoms with Gasteiger partial charge in [0.1, 0.15) is 0 Å². The van der Waals surface area contributed by atoms with Crippen LogP contribution in [0.15, 0.2) is 30.3 Å². The zero-order valence-corrected chi connectivity index (χ0v) is 9.03. The summed E-state index contributed by atoms with van der Waals surface area (Å²) in [6.07, 6.45) is 2.36. The predicted octanol–water partition coefficient (Wildman–Crippen LogP) is 3.58. The van der Waals surface area contributed by atoms with E-state index in [4.69, 9.17) is 0 Å². The summed E-state index contributed by atoms with van der Waals surface area (Å²) in [5.74, 6) is 0. The molecule has 0 heterocycles. The molecule has 0 aromatic heterocycles. The Balaban J connectivity index is 2.95. The quantitative estimate of drug-likeness (QED) is 0.624. The summed E-state index contributed by atoms with van der Waals surface area (Å²) in [4.78, 5) is 0. The molecule has 0 N–H and O–H groups in total. The van der Waals surface area contributed by atoms with Crippen molar-refractivity contribution in [3.05, 3.63) is 35.9 Å². The highest BCUT2D eigenvalue weighted by atomic mass is 31.0. The molecule has 1 heteroatoms. The maximum Gasteiger partial charge on any atom is 0.00922 e. The zero-order chi connectivity index (χ0) is 9.03. The van der Waals surface area contributed by atoms with Crippen molar-refractivity contribution in [3.8, 4) is 0 Å². The number of hydrogen-bond donors (Lipinski definition) is 0. The van der Waals surface area contributed by atoms with Gasteiger partial charge in [-0.3, -0.25) is 0 Å². The summed E-state index contributed by atoms with van der Waals surface area (Å²) in [6, 6.07) is 10.7. The fourth-order valence-electron chi connectivity index (χ4n) is 1.43. The first-order valence-electron chi connectivity index (χ1n) is 4.57. The van der Waals surface area contributed by atoms with Crippen LogP contribution in [-0.2, 0) is 5.16 Å². The molecule has 66 valence electrons. The fourth-order valence-corrected chi connectivity index (χ4v) is 1.62. The second-order valence-corrected chi connectivity index (χ2v) is 4.33. The topological polar surface area (TPSA) is 0 Å². The summed E-state index contributed by atoms with van der Waals surface area (Å²) < 4.78 is 0. The Morgan fingerprint density at radius 3 is 2.00 bits per heavy atom. The first-order valence-corrected chi connectivity index (χ1v) is 5.15. The van der Waals surface area contributed by atoms with Crippen molar-refractivity contribution >= 4 is 9.24 Å². The smallest absolute Gasteiger partial charge is 0.00922 e. The average molecular weight is 180 g/mol. The summed E-state index contributed by atoms with van der Waals surface area (Å²) in [5.41, 5.74) is 1.43. The molecule has 1 aromatic rings. The van der Waals surface area contributed by atoms with Gasteiger partial charge in [0, 0.05) is 5.16 Å². The normalized spacial score (nSPS) is 11.6. The van der Waals surface area contributed by atoms with Crippen molar-refractivity contribution in [2.24, 2.45) is 0 Å². The molecule has 0 bridgehead atoms. The minimum Gasteiger partial charge on any atom is -0.126 e. The van der Waals surface area contributed by atoms with Gasteiger partial charge in [-0.15, -0.1) is 9.24 Å². The van der Waals surface area contributed by atoms with Crippen molar-refractivity contribution in [2.45, 2.75) is 31.8 Å². The SMILES string of the molecule is CCC(P)(CC)c1ccccc1. The largest absolute Gasteiger partial charge is 0.126 e. The molecule has 0 aliphatic heterocycles. The van der Waals surface area contributed by atoms with E-state index in [-0.39, 0.29) is 0 Å². The van der Waals surface area contributed by atoms with E-state index in [2.05, 4.69) is 53.4 Å². The van der Waals surface area contributed by atoms with Crippen LogP contribution in [0.4, 0.5) is 0 Å². The molecule has 1 atom stereocenters. The van der Waals surface area contributed by atoms with E-state index in [0.29, 0.717) is 5.16 Å². The fraction of sp³-hybridized carbons (Fsp3) is 0.455. The Morgan fingerprint density at radius 2 is 1.58 bits per heavy atom. The Bertz CT molecular complexity index is 224. The van der Waals surface area contributed by atoms with Crippen LogP contribution in [-0.4, -0.2) is 0 Å². The molecule has 0 aliphatic carbocycles. The Labute approximate surface area is 77.6 Å². The molecule has 0 aliphatic rings. The first kappa shape index (κ1) is 9.74. The van der Waals surface area contributed by atoms with Crippen molar-refractivity contribution < 1.29 is 0 Å². The molecular weight excluding hydrogens is 163 g/mol. The molecule has 1 aromatic carbocycles. The lowest BCUT2D eigenvalue weighted by atomic mass is 9.93. The molecule has 0 spiro atoms. The lowest BCUT2D eigenvalue weighted by molar-refractivity contribution is 0.579. The van der Waals surface area contributed by atoms with E-state index in [1.54, 1.807) is 0 Å². The maximum absolute atomic E-state index is 2.98. The van der Waals surface area contributed by atoms with Gasteiger partial charge in [0.15, 0.2) is 0 Å². The van der Waals surface area contributed by atoms with Crippen LogP contribution in [0.5, 0.6) is 0 Å². The van der Waals surface area contributed by atoms with Crippen LogP contribution in [0.3, 0.4) is 0 Å². The summed E-state index contributed by atoms with van der Waals surface area (Å²) in [5, 5.41) is 0.293. The van der Waals surface area contributed by atoms with Gasteiger partial charge in [-0.05, 0) is 18.4 Å². The van der Waals surface area contributed by atoms with Crippen LogP contribution < -0.4 is 0 Å². The van der Waals surface area contributed by atoms with Crippen LogP contribution in [0.1, 0.15) is 32.3 Å². The maximum atomic E-state index is 2.98. The Kier molecular flexibility index (Phi) is 3.29. The molecule has 0 radical (unpaired) electrons. The lowest BCUT2D eigenvalue weighted by Crippen LogP contribution is -2.14. The minimum absolute atomic E-state index is 0.293. The molecule has 1 rings (SSSR count). The van der Waals surface area contributed by atoms with E-state index in [0.717, 1.165) is 0 Å². The minimum atomic E-state index is 0.293. The monoisotopic (exact) mass is 180 g/mol. The second-order valence-electron chi connectivity index (χ2n) is 3.23. The summed E-state index contributed by atoms with van der Waals surface area (Å²) in [7, 11) is 2.98. The van der Waals surface area contributed by atoms with Crippen molar-refractivity contribution in [1.82, 2.24) is 0 Å². The first-order chi connectivity index (χ1) is 5.73. The van der Waals surface area contributed by atoms with Crippen molar-refractivity contribution in [2.75, 3.05) is 0 Å². The standard InChI is InChI=1S/C11H17P/c1-3-11(12,4-2)10-8-6-5-7-9-10/h5-9H,3-4,12H2,1-2H3. The van der Waals surface area contributed by atoms with Crippen LogP contribution in [0.2, 0.25) is 0 Å². The zero-order valence-electron chi connectivity index (χ0n) is 7.88. The molecule has 0 fully saturated rings. The van der Waals surface area contributed by atoms with Crippen molar-refractivity contribution in [1.29, 1.82) is 0 Å². The third kappa shape index (κ3) is 1.87. The predicted molar refractivity (Wildman–Crippen MR) is 58.4 cm³/mol. The second kappa shape index (κ2) is 4.05. The van der Waals surface area contributed by atoms with Gasteiger partial charge in [0.05, 0.1) is 0 Å². The van der Waals surface area contributed by atoms with Gasteiger partial charge in [-0.1, -0.05) is 44.2 Å². The van der Waals surface area contributed by atoms with E-state index >= 15 is 0 Å². The number of benzene rings is 1. The Morgan fingerprint density at radius 1 is 1.08 bits per heavy atom. The molecule has 0 saturated heterocycles. The highest BCUT2D eigenvalue weighted by Crippen LogP contribution is 2.37. The van der Waals surface area contributed by atoms with Crippen LogP contribution in [0, 0.1) is 0 Å². The molecular formula is C11H17P. The summed E-state index contributed by atoms with van der Waals surface area (Å²) >= 11 is 0. The molecule has 0 amide bonds. The van der Waals surface area contributed by atoms with Gasteiger partial charge in [-0.25, -0.2) is 0 Å². The van der Waals surface area contributed by atoms with E-state index in [1.165, 1.54) is 18.4 Å². The molecule has 0 nitrogen and oxygen atoms in total. The van der Waals surface area contributed by atoms with Crippen LogP contribution >= 0.6 is 9.24 Å². The van der Waals surface area contributed by atoms with Gasteiger partial charge in [0.2, 0.25) is 0 Å². The molecule has 0 saturated carbocycles.